The molecule has 104 valence electrons. The summed E-state index contributed by atoms with van der Waals surface area (Å²) < 4.78 is 5.48. The van der Waals surface area contributed by atoms with E-state index < -0.39 is 0 Å². The van der Waals surface area contributed by atoms with Crippen molar-refractivity contribution in [2.45, 2.75) is 58.6 Å². The summed E-state index contributed by atoms with van der Waals surface area (Å²) in [4.78, 5) is 4.54. The number of aryl methyl sites for hydroxylation is 1. The quantitative estimate of drug-likeness (QED) is 0.788. The van der Waals surface area contributed by atoms with Crippen molar-refractivity contribution in [1.82, 2.24) is 10.3 Å². The molecule has 1 unspecified atom stereocenters. The molecule has 1 N–H and O–H groups in total. The summed E-state index contributed by atoms with van der Waals surface area (Å²) in [5.41, 5.74) is 1.17. The van der Waals surface area contributed by atoms with Crippen molar-refractivity contribution in [1.29, 1.82) is 0 Å². The molecule has 0 bridgehead atoms. The van der Waals surface area contributed by atoms with Gasteiger partial charge in [-0.25, -0.2) is 4.98 Å². The van der Waals surface area contributed by atoms with Gasteiger partial charge in [-0.3, -0.25) is 0 Å². The smallest absolute Gasteiger partial charge is 0.0897 e. The lowest BCUT2D eigenvalue weighted by Gasteiger charge is -2.26. The predicted molar refractivity (Wildman–Crippen MR) is 78.3 cm³/mol. The highest BCUT2D eigenvalue weighted by molar-refractivity contribution is 7.09. The van der Waals surface area contributed by atoms with Crippen LogP contribution < -0.4 is 5.32 Å². The van der Waals surface area contributed by atoms with Crippen LogP contribution in [-0.2, 0) is 11.2 Å². The van der Waals surface area contributed by atoms with Gasteiger partial charge >= 0.3 is 0 Å². The van der Waals surface area contributed by atoms with Gasteiger partial charge in [0.05, 0.1) is 16.3 Å². The summed E-state index contributed by atoms with van der Waals surface area (Å²) in [6.07, 6.45) is 3.19. The van der Waals surface area contributed by atoms with Gasteiger partial charge in [0, 0.05) is 25.0 Å². The van der Waals surface area contributed by atoms with Crippen molar-refractivity contribution in [3.8, 4) is 0 Å². The molecule has 0 aromatic carbocycles. The Labute approximate surface area is 115 Å². The molecule has 0 amide bonds. The second-order valence-corrected chi connectivity index (χ2v) is 6.38. The number of aromatic nitrogens is 1. The van der Waals surface area contributed by atoms with E-state index in [1.165, 1.54) is 5.69 Å². The Bertz CT molecular complexity index is 349. The highest BCUT2D eigenvalue weighted by Crippen LogP contribution is 2.19. The first kappa shape index (κ1) is 15.6. The van der Waals surface area contributed by atoms with Crippen molar-refractivity contribution in [3.63, 3.8) is 0 Å². The molecule has 0 saturated heterocycles. The van der Waals surface area contributed by atoms with Crippen molar-refractivity contribution in [2.75, 3.05) is 13.7 Å². The van der Waals surface area contributed by atoms with Gasteiger partial charge in [-0.15, -0.1) is 11.3 Å². The molecular weight excluding hydrogens is 244 g/mol. The number of nitrogens with one attached hydrogen (secondary N) is 1. The third-order valence-corrected chi connectivity index (χ3v) is 4.08. The SMILES string of the molecule is CCNC(CCC(C)(C)OC)Cc1csc(C)n1. The molecule has 0 aliphatic rings. The fourth-order valence-corrected chi connectivity index (χ4v) is 2.57. The normalized spacial score (nSPS) is 13.8. The largest absolute Gasteiger partial charge is 0.379 e. The molecule has 18 heavy (non-hydrogen) atoms. The van der Waals surface area contributed by atoms with E-state index >= 15 is 0 Å². The zero-order chi connectivity index (χ0) is 13.6. The average molecular weight is 270 g/mol. The molecule has 1 atom stereocenters. The Morgan fingerprint density at radius 1 is 1.50 bits per heavy atom. The number of thiazole rings is 1. The van der Waals surface area contributed by atoms with Crippen LogP contribution >= 0.6 is 11.3 Å². The summed E-state index contributed by atoms with van der Waals surface area (Å²) in [5, 5.41) is 6.86. The molecule has 0 spiro atoms. The van der Waals surface area contributed by atoms with Crippen LogP contribution in [0.4, 0.5) is 0 Å². The third-order valence-electron chi connectivity index (χ3n) is 3.26. The fourth-order valence-electron chi connectivity index (χ4n) is 1.94. The van der Waals surface area contributed by atoms with Crippen LogP contribution in [0.1, 0.15) is 44.3 Å². The topological polar surface area (TPSA) is 34.1 Å². The minimum absolute atomic E-state index is 0.0360. The van der Waals surface area contributed by atoms with Gasteiger partial charge in [0.25, 0.3) is 0 Å². The molecular formula is C14H26N2OS. The Kier molecular flexibility index (Phi) is 6.26. The molecule has 1 heterocycles. The van der Waals surface area contributed by atoms with E-state index in [-0.39, 0.29) is 5.60 Å². The number of rotatable bonds is 8. The Morgan fingerprint density at radius 2 is 2.22 bits per heavy atom. The zero-order valence-electron chi connectivity index (χ0n) is 12.2. The monoisotopic (exact) mass is 270 g/mol. The molecule has 0 aliphatic carbocycles. The van der Waals surface area contributed by atoms with E-state index in [2.05, 4.69) is 43.4 Å². The van der Waals surface area contributed by atoms with E-state index in [0.717, 1.165) is 30.8 Å². The zero-order valence-corrected chi connectivity index (χ0v) is 13.1. The number of methoxy groups -OCH3 is 1. The van der Waals surface area contributed by atoms with Crippen LogP contribution in [-0.4, -0.2) is 30.3 Å². The standard InChI is InChI=1S/C14H26N2OS/c1-6-15-12(7-8-14(3,4)17-5)9-13-10-18-11(2)16-13/h10,12,15H,6-9H2,1-5H3. The van der Waals surface area contributed by atoms with E-state index in [1.807, 2.05) is 0 Å². The van der Waals surface area contributed by atoms with Crippen LogP contribution in [0.3, 0.4) is 0 Å². The first-order valence-electron chi connectivity index (χ1n) is 6.66. The maximum atomic E-state index is 5.48. The third kappa shape index (κ3) is 5.46. The second kappa shape index (κ2) is 7.22. The maximum Gasteiger partial charge on any atom is 0.0897 e. The van der Waals surface area contributed by atoms with E-state index in [1.54, 1.807) is 18.4 Å². The molecule has 1 aromatic heterocycles. The van der Waals surface area contributed by atoms with Crippen LogP contribution in [0, 0.1) is 6.92 Å². The summed E-state index contributed by atoms with van der Waals surface area (Å²) in [6.45, 7) is 9.50. The molecule has 0 fully saturated rings. The Hall–Kier alpha value is -0.450. The van der Waals surface area contributed by atoms with E-state index in [0.29, 0.717) is 6.04 Å². The molecule has 0 radical (unpaired) electrons. The van der Waals surface area contributed by atoms with Gasteiger partial charge in [-0.1, -0.05) is 6.92 Å². The number of nitrogens with zero attached hydrogens (tertiary/aromatic N) is 1. The molecule has 4 heteroatoms. The Balaban J connectivity index is 2.49. The lowest BCUT2D eigenvalue weighted by atomic mass is 9.96. The summed E-state index contributed by atoms with van der Waals surface area (Å²) in [7, 11) is 1.78. The lowest BCUT2D eigenvalue weighted by molar-refractivity contribution is 0.0117. The Morgan fingerprint density at radius 3 is 2.72 bits per heavy atom. The van der Waals surface area contributed by atoms with E-state index in [9.17, 15) is 0 Å². The fraction of sp³-hybridized carbons (Fsp3) is 0.786. The van der Waals surface area contributed by atoms with Gasteiger partial charge in [-0.05, 0) is 40.2 Å². The van der Waals surface area contributed by atoms with Crippen LogP contribution in [0.5, 0.6) is 0 Å². The number of likely N-dealkylation sites (N-methyl/N-ethyl adjacent to an activating group) is 1. The molecule has 0 saturated carbocycles. The lowest BCUT2D eigenvalue weighted by Crippen LogP contribution is -2.34. The van der Waals surface area contributed by atoms with Gasteiger partial charge in [0.2, 0.25) is 0 Å². The van der Waals surface area contributed by atoms with Gasteiger partial charge in [0.1, 0.15) is 0 Å². The molecule has 1 rings (SSSR count). The number of hydrogen-bond donors (Lipinski definition) is 1. The van der Waals surface area contributed by atoms with Crippen LogP contribution in [0.25, 0.3) is 0 Å². The highest BCUT2D eigenvalue weighted by atomic mass is 32.1. The first-order valence-corrected chi connectivity index (χ1v) is 7.54. The minimum atomic E-state index is -0.0360. The number of ether oxygens (including phenoxy) is 1. The van der Waals surface area contributed by atoms with E-state index in [4.69, 9.17) is 4.74 Å². The molecule has 1 aromatic rings. The highest BCUT2D eigenvalue weighted by Gasteiger charge is 2.19. The molecule has 0 aliphatic heterocycles. The van der Waals surface area contributed by atoms with Crippen molar-refractivity contribution >= 4 is 11.3 Å². The minimum Gasteiger partial charge on any atom is -0.379 e. The first-order chi connectivity index (χ1) is 8.46. The van der Waals surface area contributed by atoms with Crippen LogP contribution in [0.15, 0.2) is 5.38 Å². The maximum absolute atomic E-state index is 5.48. The van der Waals surface area contributed by atoms with Crippen molar-refractivity contribution in [2.24, 2.45) is 0 Å². The van der Waals surface area contributed by atoms with Crippen LogP contribution in [0.2, 0.25) is 0 Å². The van der Waals surface area contributed by atoms with Gasteiger partial charge < -0.3 is 10.1 Å². The summed E-state index contributed by atoms with van der Waals surface area (Å²) in [5.74, 6) is 0. The van der Waals surface area contributed by atoms with Crippen molar-refractivity contribution in [3.05, 3.63) is 16.1 Å². The van der Waals surface area contributed by atoms with Gasteiger partial charge in [0.15, 0.2) is 0 Å². The molecule has 3 nitrogen and oxygen atoms in total. The summed E-state index contributed by atoms with van der Waals surface area (Å²) in [6, 6.07) is 0.492. The summed E-state index contributed by atoms with van der Waals surface area (Å²) >= 11 is 1.73. The van der Waals surface area contributed by atoms with Crippen molar-refractivity contribution < 1.29 is 4.74 Å². The van der Waals surface area contributed by atoms with Gasteiger partial charge in [-0.2, -0.15) is 0 Å². The second-order valence-electron chi connectivity index (χ2n) is 5.32. The number of hydrogen-bond acceptors (Lipinski definition) is 4. The predicted octanol–water partition coefficient (Wildman–Crippen LogP) is 3.18. The average Bonchev–Trinajstić information content (AvgIpc) is 2.72.